The number of aliphatic hydroxyl groups is 1. The molecule has 0 heterocycles. The van der Waals surface area contributed by atoms with Gasteiger partial charge in [0.2, 0.25) is 0 Å². The van der Waals surface area contributed by atoms with E-state index in [1.165, 1.54) is 4.90 Å². The number of benzene rings is 1. The number of rotatable bonds is 3. The largest absolute Gasteiger partial charge is 0.394 e. The van der Waals surface area contributed by atoms with Crippen molar-refractivity contribution < 1.29 is 9.90 Å². The fourth-order valence-corrected chi connectivity index (χ4v) is 1.21. The van der Waals surface area contributed by atoms with E-state index in [1.54, 1.807) is 38.2 Å². The minimum absolute atomic E-state index is 0.0709. The number of carbonyl (C=O) groups excluding carboxylic acids is 1. The summed E-state index contributed by atoms with van der Waals surface area (Å²) in [6, 6.07) is 8.20. The summed E-state index contributed by atoms with van der Waals surface area (Å²) in [5.74, 6) is -0.161. The highest BCUT2D eigenvalue weighted by molar-refractivity contribution is 5.94. The Morgan fingerprint density at radius 3 is 2.50 bits per heavy atom. The molecule has 0 bridgehead atoms. The molecule has 0 aliphatic rings. The molecule has 1 aromatic rings. The lowest BCUT2D eigenvalue weighted by Crippen LogP contribution is -2.37. The molecule has 1 atom stereocenters. The predicted molar refractivity (Wildman–Crippen MR) is 59.8 cm³/mol. The lowest BCUT2D eigenvalue weighted by molar-refractivity contribution is 0.0682. The Morgan fingerprint density at radius 2 is 2.06 bits per heavy atom. The minimum Gasteiger partial charge on any atom is -0.394 e. The first kappa shape index (κ1) is 12.2. The number of aliphatic hydroxyl groups excluding tert-OH is 1. The Labute approximate surface area is 94.7 Å². The molecule has 1 amide bonds. The summed E-state index contributed by atoms with van der Waals surface area (Å²) in [4.78, 5) is 13.4. The van der Waals surface area contributed by atoms with Crippen LogP contribution in [0, 0.1) is 11.3 Å². The zero-order valence-corrected chi connectivity index (χ0v) is 9.34. The zero-order chi connectivity index (χ0) is 12.1. The molecule has 0 aliphatic carbocycles. The van der Waals surface area contributed by atoms with Gasteiger partial charge in [-0.1, -0.05) is 0 Å². The molecular weight excluding hydrogens is 204 g/mol. The van der Waals surface area contributed by atoms with Crippen LogP contribution in [0.5, 0.6) is 0 Å². The quantitative estimate of drug-likeness (QED) is 0.823. The second-order valence-electron chi connectivity index (χ2n) is 3.64. The van der Waals surface area contributed by atoms with Gasteiger partial charge in [0.25, 0.3) is 5.91 Å². The molecule has 0 spiro atoms. The van der Waals surface area contributed by atoms with Crippen LogP contribution in [0.15, 0.2) is 24.3 Å². The Hall–Kier alpha value is -1.86. The van der Waals surface area contributed by atoms with Crippen molar-refractivity contribution in [2.45, 2.75) is 13.0 Å². The van der Waals surface area contributed by atoms with Crippen molar-refractivity contribution in [3.05, 3.63) is 35.4 Å². The van der Waals surface area contributed by atoms with Crippen LogP contribution in [0.3, 0.4) is 0 Å². The van der Waals surface area contributed by atoms with Crippen LogP contribution < -0.4 is 0 Å². The third-order valence-electron chi connectivity index (χ3n) is 2.51. The number of likely N-dealkylation sites (N-methyl/N-ethyl adjacent to an activating group) is 1. The molecule has 4 heteroatoms. The smallest absolute Gasteiger partial charge is 0.253 e. The Morgan fingerprint density at radius 1 is 1.50 bits per heavy atom. The average Bonchev–Trinajstić information content (AvgIpc) is 2.36. The Kier molecular flexibility index (Phi) is 4.03. The van der Waals surface area contributed by atoms with E-state index in [9.17, 15) is 4.79 Å². The molecular formula is C12H14N2O2. The van der Waals surface area contributed by atoms with Gasteiger partial charge >= 0.3 is 0 Å². The van der Waals surface area contributed by atoms with E-state index >= 15 is 0 Å². The van der Waals surface area contributed by atoms with E-state index in [2.05, 4.69) is 0 Å². The molecule has 0 saturated carbocycles. The van der Waals surface area contributed by atoms with Crippen LogP contribution in [0.25, 0.3) is 0 Å². The third-order valence-corrected chi connectivity index (χ3v) is 2.51. The van der Waals surface area contributed by atoms with E-state index in [-0.39, 0.29) is 18.6 Å². The van der Waals surface area contributed by atoms with Gasteiger partial charge in [-0.3, -0.25) is 4.79 Å². The van der Waals surface area contributed by atoms with Crippen LogP contribution in [-0.2, 0) is 0 Å². The van der Waals surface area contributed by atoms with Gasteiger partial charge in [0.15, 0.2) is 0 Å². The van der Waals surface area contributed by atoms with Crippen LogP contribution in [0.1, 0.15) is 22.8 Å². The second-order valence-corrected chi connectivity index (χ2v) is 3.64. The number of amides is 1. The number of nitriles is 1. The van der Waals surface area contributed by atoms with Gasteiger partial charge in [-0.15, -0.1) is 0 Å². The van der Waals surface area contributed by atoms with Gasteiger partial charge in [0.05, 0.1) is 24.3 Å². The summed E-state index contributed by atoms with van der Waals surface area (Å²) in [7, 11) is 1.64. The second kappa shape index (κ2) is 5.29. The molecule has 0 aliphatic heterocycles. The highest BCUT2D eigenvalue weighted by atomic mass is 16.3. The monoisotopic (exact) mass is 218 g/mol. The first-order valence-electron chi connectivity index (χ1n) is 4.98. The van der Waals surface area contributed by atoms with Crippen molar-refractivity contribution in [1.29, 1.82) is 5.26 Å². The minimum atomic E-state index is -0.219. The normalized spacial score (nSPS) is 11.6. The van der Waals surface area contributed by atoms with Crippen molar-refractivity contribution in [3.63, 3.8) is 0 Å². The van der Waals surface area contributed by atoms with E-state index in [4.69, 9.17) is 10.4 Å². The molecule has 1 aromatic carbocycles. The standard InChI is InChI=1S/C12H14N2O2/c1-9(8-15)14(2)12(16)11-5-3-10(7-13)4-6-11/h3-6,9,15H,8H2,1-2H3. The first-order chi connectivity index (χ1) is 7.60. The summed E-state index contributed by atoms with van der Waals surface area (Å²) in [5, 5.41) is 17.6. The van der Waals surface area contributed by atoms with Gasteiger partial charge in [0.1, 0.15) is 0 Å². The van der Waals surface area contributed by atoms with Crippen LogP contribution >= 0.6 is 0 Å². The topological polar surface area (TPSA) is 64.3 Å². The maximum Gasteiger partial charge on any atom is 0.253 e. The zero-order valence-electron chi connectivity index (χ0n) is 9.34. The molecule has 4 nitrogen and oxygen atoms in total. The molecule has 0 aromatic heterocycles. The number of hydrogen-bond acceptors (Lipinski definition) is 3. The maximum atomic E-state index is 11.9. The van der Waals surface area contributed by atoms with Crippen LogP contribution in [-0.4, -0.2) is 35.6 Å². The fourth-order valence-electron chi connectivity index (χ4n) is 1.21. The number of hydrogen-bond donors (Lipinski definition) is 1. The van der Waals surface area contributed by atoms with E-state index in [1.807, 2.05) is 6.07 Å². The molecule has 1 unspecified atom stereocenters. The Bertz CT molecular complexity index is 406. The summed E-state index contributed by atoms with van der Waals surface area (Å²) in [6.45, 7) is 1.69. The Balaban J connectivity index is 2.85. The van der Waals surface area contributed by atoms with Crippen LogP contribution in [0.2, 0.25) is 0 Å². The lowest BCUT2D eigenvalue weighted by atomic mass is 10.1. The van der Waals surface area contributed by atoms with Crippen molar-refractivity contribution >= 4 is 5.91 Å². The van der Waals surface area contributed by atoms with Crippen LogP contribution in [0.4, 0.5) is 0 Å². The summed E-state index contributed by atoms with van der Waals surface area (Å²) < 4.78 is 0. The number of nitrogens with zero attached hydrogens (tertiary/aromatic N) is 2. The van der Waals surface area contributed by atoms with E-state index < -0.39 is 0 Å². The molecule has 0 saturated heterocycles. The average molecular weight is 218 g/mol. The van der Waals surface area contributed by atoms with E-state index in [0.717, 1.165) is 0 Å². The molecule has 1 rings (SSSR count). The molecule has 84 valence electrons. The lowest BCUT2D eigenvalue weighted by Gasteiger charge is -2.23. The van der Waals surface area contributed by atoms with Gasteiger partial charge < -0.3 is 10.0 Å². The van der Waals surface area contributed by atoms with Gasteiger partial charge in [-0.25, -0.2) is 0 Å². The molecule has 0 fully saturated rings. The maximum absolute atomic E-state index is 11.9. The van der Waals surface area contributed by atoms with E-state index in [0.29, 0.717) is 11.1 Å². The highest BCUT2D eigenvalue weighted by Gasteiger charge is 2.16. The fraction of sp³-hybridized carbons (Fsp3) is 0.333. The summed E-state index contributed by atoms with van der Waals surface area (Å²) in [6.07, 6.45) is 0. The van der Waals surface area contributed by atoms with Gasteiger partial charge in [0, 0.05) is 12.6 Å². The van der Waals surface area contributed by atoms with Crippen molar-refractivity contribution in [1.82, 2.24) is 4.90 Å². The van der Waals surface area contributed by atoms with Crippen molar-refractivity contribution in [3.8, 4) is 6.07 Å². The van der Waals surface area contributed by atoms with Gasteiger partial charge in [-0.2, -0.15) is 5.26 Å². The first-order valence-corrected chi connectivity index (χ1v) is 4.98. The molecule has 1 N–H and O–H groups in total. The third kappa shape index (κ3) is 2.59. The van der Waals surface area contributed by atoms with Gasteiger partial charge in [-0.05, 0) is 31.2 Å². The SMILES string of the molecule is CC(CO)N(C)C(=O)c1ccc(C#N)cc1. The van der Waals surface area contributed by atoms with Crippen molar-refractivity contribution in [2.24, 2.45) is 0 Å². The number of carbonyl (C=O) groups is 1. The van der Waals surface area contributed by atoms with Crippen molar-refractivity contribution in [2.75, 3.05) is 13.7 Å². The highest BCUT2D eigenvalue weighted by Crippen LogP contribution is 2.08. The molecule has 0 radical (unpaired) electrons. The summed E-state index contributed by atoms with van der Waals surface area (Å²) >= 11 is 0. The summed E-state index contributed by atoms with van der Waals surface area (Å²) in [5.41, 5.74) is 1.04. The predicted octanol–water partition coefficient (Wildman–Crippen LogP) is 1.01. The molecule has 16 heavy (non-hydrogen) atoms.